The molecule has 0 radical (unpaired) electrons. The molecule has 0 spiro atoms. The van der Waals surface area contributed by atoms with E-state index >= 15 is 0 Å². The summed E-state index contributed by atoms with van der Waals surface area (Å²) in [7, 11) is 0. The van der Waals surface area contributed by atoms with Crippen LogP contribution in [0, 0.1) is 17.1 Å². The maximum absolute atomic E-state index is 13.0. The normalized spacial score (nSPS) is 10.2. The summed E-state index contributed by atoms with van der Waals surface area (Å²) in [5, 5.41) is 12.1. The second-order valence-corrected chi connectivity index (χ2v) is 4.15. The van der Waals surface area contributed by atoms with E-state index in [4.69, 9.17) is 5.26 Å². The lowest BCUT2D eigenvalue weighted by molar-refractivity contribution is 0.592. The van der Waals surface area contributed by atoms with E-state index in [2.05, 4.69) is 18.3 Å². The standard InChI is InChI=1S/C14H19FN2/c1-2-3-4-5-8-17-11-13-9-14(15)7-6-12(13)10-16/h6-7,9,17H,2-5,8,11H2,1H3. The fourth-order valence-corrected chi connectivity index (χ4v) is 1.72. The topological polar surface area (TPSA) is 35.8 Å². The van der Waals surface area contributed by atoms with Crippen molar-refractivity contribution < 1.29 is 4.39 Å². The molecule has 0 amide bonds. The molecule has 17 heavy (non-hydrogen) atoms. The minimum Gasteiger partial charge on any atom is -0.313 e. The van der Waals surface area contributed by atoms with Gasteiger partial charge in [-0.2, -0.15) is 5.26 Å². The van der Waals surface area contributed by atoms with Gasteiger partial charge in [-0.1, -0.05) is 26.2 Å². The highest BCUT2D eigenvalue weighted by Gasteiger charge is 2.02. The van der Waals surface area contributed by atoms with Crippen molar-refractivity contribution >= 4 is 0 Å². The molecule has 92 valence electrons. The van der Waals surface area contributed by atoms with Gasteiger partial charge in [0, 0.05) is 6.54 Å². The van der Waals surface area contributed by atoms with Gasteiger partial charge in [-0.3, -0.25) is 0 Å². The maximum atomic E-state index is 13.0. The van der Waals surface area contributed by atoms with E-state index in [0.29, 0.717) is 12.1 Å². The van der Waals surface area contributed by atoms with Crippen molar-refractivity contribution in [3.8, 4) is 6.07 Å². The average Bonchev–Trinajstić information content (AvgIpc) is 2.34. The Labute approximate surface area is 102 Å². The van der Waals surface area contributed by atoms with E-state index in [1.807, 2.05) is 0 Å². The number of unbranched alkanes of at least 4 members (excludes halogenated alkanes) is 3. The minimum atomic E-state index is -0.285. The molecule has 0 fully saturated rings. The Balaban J connectivity index is 2.36. The molecule has 0 aliphatic carbocycles. The molecule has 1 aromatic carbocycles. The highest BCUT2D eigenvalue weighted by Crippen LogP contribution is 2.10. The molecule has 2 nitrogen and oxygen atoms in total. The van der Waals surface area contributed by atoms with E-state index in [0.717, 1.165) is 18.5 Å². The van der Waals surface area contributed by atoms with Crippen LogP contribution in [0.5, 0.6) is 0 Å². The van der Waals surface area contributed by atoms with Crippen LogP contribution >= 0.6 is 0 Å². The van der Waals surface area contributed by atoms with Crippen molar-refractivity contribution in [2.75, 3.05) is 6.54 Å². The van der Waals surface area contributed by atoms with Crippen LogP contribution in [0.15, 0.2) is 18.2 Å². The van der Waals surface area contributed by atoms with Crippen LogP contribution in [0.2, 0.25) is 0 Å². The van der Waals surface area contributed by atoms with E-state index in [1.165, 1.54) is 37.5 Å². The molecule has 3 heteroatoms. The predicted octanol–water partition coefficient (Wildman–Crippen LogP) is 3.37. The summed E-state index contributed by atoms with van der Waals surface area (Å²) in [6.45, 7) is 3.66. The van der Waals surface area contributed by atoms with Crippen molar-refractivity contribution in [3.05, 3.63) is 35.1 Å². The van der Waals surface area contributed by atoms with E-state index < -0.39 is 0 Å². The molecule has 0 unspecified atom stereocenters. The fraction of sp³-hybridized carbons (Fsp3) is 0.500. The summed E-state index contributed by atoms with van der Waals surface area (Å²) in [5.41, 5.74) is 1.29. The molecular weight excluding hydrogens is 215 g/mol. The SMILES string of the molecule is CCCCCCNCc1cc(F)ccc1C#N. The molecule has 0 saturated heterocycles. The Hall–Kier alpha value is -1.40. The fourth-order valence-electron chi connectivity index (χ4n) is 1.72. The Bertz CT molecular complexity index is 382. The Morgan fingerprint density at radius 2 is 2.12 bits per heavy atom. The molecule has 0 aliphatic heterocycles. The second kappa shape index (κ2) is 7.81. The molecule has 1 N–H and O–H groups in total. The number of nitrogens with one attached hydrogen (secondary N) is 1. The van der Waals surface area contributed by atoms with Crippen LogP contribution < -0.4 is 5.32 Å². The van der Waals surface area contributed by atoms with Crippen molar-refractivity contribution in [2.24, 2.45) is 0 Å². The zero-order chi connectivity index (χ0) is 12.5. The van der Waals surface area contributed by atoms with Gasteiger partial charge in [-0.25, -0.2) is 4.39 Å². The van der Waals surface area contributed by atoms with E-state index in [9.17, 15) is 4.39 Å². The summed E-state index contributed by atoms with van der Waals surface area (Å²) >= 11 is 0. The van der Waals surface area contributed by atoms with Crippen LogP contribution in [0.3, 0.4) is 0 Å². The zero-order valence-corrected chi connectivity index (χ0v) is 10.3. The first-order chi connectivity index (χ1) is 8.27. The average molecular weight is 234 g/mol. The van der Waals surface area contributed by atoms with Crippen molar-refractivity contribution in [1.82, 2.24) is 5.32 Å². The number of nitriles is 1. The molecule has 0 aromatic heterocycles. The number of halogens is 1. The summed E-state index contributed by atoms with van der Waals surface area (Å²) in [6.07, 6.45) is 4.83. The first-order valence-corrected chi connectivity index (χ1v) is 6.17. The third kappa shape index (κ3) is 4.97. The lowest BCUT2D eigenvalue weighted by atomic mass is 10.1. The van der Waals surface area contributed by atoms with Crippen molar-refractivity contribution in [1.29, 1.82) is 5.26 Å². The van der Waals surface area contributed by atoms with Gasteiger partial charge in [0.25, 0.3) is 0 Å². The van der Waals surface area contributed by atoms with Crippen LogP contribution in [0.1, 0.15) is 43.7 Å². The number of hydrogen-bond acceptors (Lipinski definition) is 2. The molecule has 0 heterocycles. The summed E-state index contributed by atoms with van der Waals surface area (Å²) in [4.78, 5) is 0. The maximum Gasteiger partial charge on any atom is 0.123 e. The van der Waals surface area contributed by atoms with Gasteiger partial charge in [0.05, 0.1) is 11.6 Å². The molecule has 0 atom stereocenters. The molecule has 0 bridgehead atoms. The monoisotopic (exact) mass is 234 g/mol. The molecule has 1 rings (SSSR count). The van der Waals surface area contributed by atoms with Crippen LogP contribution in [0.25, 0.3) is 0 Å². The minimum absolute atomic E-state index is 0.285. The molecule has 0 aliphatic rings. The highest BCUT2D eigenvalue weighted by molar-refractivity contribution is 5.37. The molecule has 1 aromatic rings. The van der Waals surface area contributed by atoms with Crippen LogP contribution in [0.4, 0.5) is 4.39 Å². The quantitative estimate of drug-likeness (QED) is 0.734. The van der Waals surface area contributed by atoms with Crippen LogP contribution in [-0.4, -0.2) is 6.54 Å². The first-order valence-electron chi connectivity index (χ1n) is 6.17. The van der Waals surface area contributed by atoms with Gasteiger partial charge < -0.3 is 5.32 Å². The smallest absolute Gasteiger partial charge is 0.123 e. The van der Waals surface area contributed by atoms with Gasteiger partial charge in [0.15, 0.2) is 0 Å². The zero-order valence-electron chi connectivity index (χ0n) is 10.3. The lowest BCUT2D eigenvalue weighted by Crippen LogP contribution is -2.15. The molecular formula is C14H19FN2. The van der Waals surface area contributed by atoms with Crippen molar-refractivity contribution in [2.45, 2.75) is 39.2 Å². The van der Waals surface area contributed by atoms with Gasteiger partial charge in [-0.15, -0.1) is 0 Å². The summed E-state index contributed by atoms with van der Waals surface area (Å²) < 4.78 is 13.0. The first kappa shape index (κ1) is 13.7. The lowest BCUT2D eigenvalue weighted by Gasteiger charge is -2.06. The Kier molecular flexibility index (Phi) is 6.27. The number of nitrogens with zero attached hydrogens (tertiary/aromatic N) is 1. The number of benzene rings is 1. The van der Waals surface area contributed by atoms with Gasteiger partial charge >= 0.3 is 0 Å². The Morgan fingerprint density at radius 1 is 1.29 bits per heavy atom. The predicted molar refractivity (Wildman–Crippen MR) is 67.0 cm³/mol. The third-order valence-corrected chi connectivity index (χ3v) is 2.71. The Morgan fingerprint density at radius 3 is 2.82 bits per heavy atom. The van der Waals surface area contributed by atoms with Gasteiger partial charge in [-0.05, 0) is 36.7 Å². The highest BCUT2D eigenvalue weighted by atomic mass is 19.1. The van der Waals surface area contributed by atoms with Gasteiger partial charge in [0.1, 0.15) is 5.82 Å². The van der Waals surface area contributed by atoms with Crippen molar-refractivity contribution in [3.63, 3.8) is 0 Å². The number of rotatable bonds is 7. The van der Waals surface area contributed by atoms with E-state index in [-0.39, 0.29) is 5.82 Å². The second-order valence-electron chi connectivity index (χ2n) is 4.15. The van der Waals surface area contributed by atoms with Crippen LogP contribution in [-0.2, 0) is 6.54 Å². The largest absolute Gasteiger partial charge is 0.313 e. The summed E-state index contributed by atoms with van der Waals surface area (Å²) in [6, 6.07) is 6.36. The van der Waals surface area contributed by atoms with E-state index in [1.54, 1.807) is 0 Å². The third-order valence-electron chi connectivity index (χ3n) is 2.71. The molecule has 0 saturated carbocycles. The van der Waals surface area contributed by atoms with Gasteiger partial charge in [0.2, 0.25) is 0 Å². The summed E-state index contributed by atoms with van der Waals surface area (Å²) in [5.74, 6) is -0.285. The number of hydrogen-bond donors (Lipinski definition) is 1.